The van der Waals surface area contributed by atoms with Crippen LogP contribution >= 0.6 is 11.3 Å². The molecule has 1 unspecified atom stereocenters. The number of carbonyl (C=O) groups is 1. The van der Waals surface area contributed by atoms with Crippen molar-refractivity contribution in [3.05, 3.63) is 46.0 Å². The summed E-state index contributed by atoms with van der Waals surface area (Å²) in [6.45, 7) is 8.25. The molecule has 0 bridgehead atoms. The molecule has 1 atom stereocenters. The van der Waals surface area contributed by atoms with Gasteiger partial charge in [-0.3, -0.25) is 4.79 Å². The van der Waals surface area contributed by atoms with Gasteiger partial charge in [0.25, 0.3) is 0 Å². The molecule has 4 heteroatoms. The molecule has 29 heavy (non-hydrogen) atoms. The second kappa shape index (κ2) is 8.27. The van der Waals surface area contributed by atoms with Crippen molar-refractivity contribution in [2.24, 2.45) is 5.92 Å². The van der Waals surface area contributed by atoms with Gasteiger partial charge in [0, 0.05) is 22.2 Å². The summed E-state index contributed by atoms with van der Waals surface area (Å²) in [5.41, 5.74) is 5.58. The van der Waals surface area contributed by atoms with Gasteiger partial charge >= 0.3 is 5.97 Å². The first-order chi connectivity index (χ1) is 14.0. The van der Waals surface area contributed by atoms with E-state index in [1.807, 2.05) is 18.3 Å². The molecule has 0 radical (unpaired) electrons. The molecule has 0 saturated carbocycles. The van der Waals surface area contributed by atoms with Gasteiger partial charge in [0.2, 0.25) is 0 Å². The van der Waals surface area contributed by atoms with Gasteiger partial charge in [-0.1, -0.05) is 50.1 Å². The highest BCUT2D eigenvalue weighted by atomic mass is 32.1. The van der Waals surface area contributed by atoms with Crippen LogP contribution in [0.15, 0.2) is 24.3 Å². The average Bonchev–Trinajstić information content (AvgIpc) is 3.07. The number of fused-ring (bicyclic) bond motifs is 3. The second-order valence-electron chi connectivity index (χ2n) is 8.35. The maximum Gasteiger partial charge on any atom is 0.311 e. The minimum atomic E-state index is -0.166. The number of pyridine rings is 1. The average molecular weight is 408 g/mol. The van der Waals surface area contributed by atoms with E-state index in [-0.39, 0.29) is 5.97 Å². The van der Waals surface area contributed by atoms with Crippen LogP contribution in [0.4, 0.5) is 0 Å². The fourth-order valence-electron chi connectivity index (χ4n) is 4.09. The third-order valence-corrected chi connectivity index (χ3v) is 7.18. The Morgan fingerprint density at radius 1 is 1.17 bits per heavy atom. The van der Waals surface area contributed by atoms with Crippen molar-refractivity contribution in [3.8, 4) is 16.9 Å². The number of aromatic nitrogens is 1. The maximum absolute atomic E-state index is 12.7. The van der Waals surface area contributed by atoms with Crippen molar-refractivity contribution in [2.75, 3.05) is 0 Å². The fourth-order valence-corrected chi connectivity index (χ4v) is 5.41. The van der Waals surface area contributed by atoms with E-state index in [1.54, 1.807) is 0 Å². The van der Waals surface area contributed by atoms with Crippen LogP contribution in [0.2, 0.25) is 0 Å². The van der Waals surface area contributed by atoms with Gasteiger partial charge in [0.1, 0.15) is 4.83 Å². The monoisotopic (exact) mass is 407 g/mol. The summed E-state index contributed by atoms with van der Waals surface area (Å²) in [5, 5.41) is 1.20. The summed E-state index contributed by atoms with van der Waals surface area (Å²) in [6.07, 6.45) is 6.07. The molecule has 1 aliphatic rings. The molecule has 1 aromatic carbocycles. The van der Waals surface area contributed by atoms with Crippen LogP contribution in [0.3, 0.4) is 0 Å². The molecule has 2 aromatic heterocycles. The number of rotatable bonds is 5. The molecule has 0 saturated heterocycles. The molecule has 2 heterocycles. The number of ether oxygens (including phenoxy) is 1. The smallest absolute Gasteiger partial charge is 0.311 e. The zero-order valence-corrected chi connectivity index (χ0v) is 18.6. The molecule has 4 rings (SSSR count). The van der Waals surface area contributed by atoms with Crippen LogP contribution in [0.5, 0.6) is 5.75 Å². The number of thiophene rings is 1. The van der Waals surface area contributed by atoms with Gasteiger partial charge < -0.3 is 4.74 Å². The Balaban J connectivity index is 1.91. The predicted octanol–water partition coefficient (Wildman–Crippen LogP) is 6.80. The van der Waals surface area contributed by atoms with E-state index in [2.05, 4.69) is 45.0 Å². The van der Waals surface area contributed by atoms with E-state index < -0.39 is 0 Å². The highest BCUT2D eigenvalue weighted by Gasteiger charge is 2.25. The summed E-state index contributed by atoms with van der Waals surface area (Å²) in [6, 6.07) is 8.53. The number of aryl methyl sites for hydroxylation is 4. The molecule has 3 aromatic rings. The zero-order valence-electron chi connectivity index (χ0n) is 17.8. The largest absolute Gasteiger partial charge is 0.424 e. The van der Waals surface area contributed by atoms with E-state index in [0.29, 0.717) is 18.1 Å². The number of hydrogen-bond donors (Lipinski definition) is 0. The Morgan fingerprint density at radius 3 is 2.62 bits per heavy atom. The quantitative estimate of drug-likeness (QED) is 0.437. The van der Waals surface area contributed by atoms with Crippen molar-refractivity contribution in [2.45, 2.75) is 66.2 Å². The number of esters is 1. The van der Waals surface area contributed by atoms with Crippen molar-refractivity contribution < 1.29 is 9.53 Å². The maximum atomic E-state index is 12.7. The molecule has 0 N–H and O–H groups in total. The van der Waals surface area contributed by atoms with Gasteiger partial charge in [0.05, 0.1) is 5.69 Å². The summed E-state index contributed by atoms with van der Waals surface area (Å²) in [5.74, 6) is 0.790. The van der Waals surface area contributed by atoms with Crippen molar-refractivity contribution in [1.82, 2.24) is 4.98 Å². The van der Waals surface area contributed by atoms with Gasteiger partial charge in [-0.2, -0.15) is 0 Å². The first kappa shape index (κ1) is 20.1. The Morgan fingerprint density at radius 2 is 1.90 bits per heavy atom. The topological polar surface area (TPSA) is 39.2 Å². The van der Waals surface area contributed by atoms with Crippen molar-refractivity contribution >= 4 is 27.5 Å². The van der Waals surface area contributed by atoms with Crippen LogP contribution in [0, 0.1) is 19.8 Å². The van der Waals surface area contributed by atoms with Gasteiger partial charge in [-0.15, -0.1) is 11.3 Å². The molecular formula is C25H29NO2S. The summed E-state index contributed by atoms with van der Waals surface area (Å²) >= 11 is 1.82. The lowest BCUT2D eigenvalue weighted by Gasteiger charge is -2.17. The first-order valence-electron chi connectivity index (χ1n) is 10.7. The number of hydrogen-bond acceptors (Lipinski definition) is 4. The summed E-state index contributed by atoms with van der Waals surface area (Å²) < 4.78 is 6.01. The van der Waals surface area contributed by atoms with Crippen LogP contribution in [0.25, 0.3) is 21.3 Å². The Kier molecular flexibility index (Phi) is 5.73. The second-order valence-corrected chi connectivity index (χ2v) is 9.43. The lowest BCUT2D eigenvalue weighted by molar-refractivity contribution is -0.135. The molecule has 1 aliphatic carbocycles. The van der Waals surface area contributed by atoms with Crippen molar-refractivity contribution in [3.63, 3.8) is 0 Å². The first-order valence-corrected chi connectivity index (χ1v) is 11.5. The zero-order chi connectivity index (χ0) is 20.5. The van der Waals surface area contributed by atoms with Gasteiger partial charge in [0.15, 0.2) is 5.75 Å². The number of carbonyl (C=O) groups excluding carboxylic acids is 1. The SMILES string of the molecule is CCC(C)CC(=O)Oc1c(C)nc2sc3c(c2c1-c1ccc(C)cc1)CCCC3. The van der Waals surface area contributed by atoms with E-state index >= 15 is 0 Å². The molecule has 0 fully saturated rings. The normalized spacial score (nSPS) is 14.6. The van der Waals surface area contributed by atoms with Gasteiger partial charge in [-0.05, 0) is 56.6 Å². The molecule has 0 spiro atoms. The van der Waals surface area contributed by atoms with Crippen LogP contribution in [0.1, 0.15) is 61.2 Å². The van der Waals surface area contributed by atoms with Crippen LogP contribution in [-0.4, -0.2) is 11.0 Å². The van der Waals surface area contributed by atoms with Crippen LogP contribution in [-0.2, 0) is 17.6 Å². The molecule has 0 amide bonds. The van der Waals surface area contributed by atoms with Crippen molar-refractivity contribution in [1.29, 1.82) is 0 Å². The highest BCUT2D eigenvalue weighted by molar-refractivity contribution is 7.19. The number of nitrogens with zero attached hydrogens (tertiary/aromatic N) is 1. The number of benzene rings is 1. The Labute approximate surface area is 177 Å². The van der Waals surface area contributed by atoms with E-state index in [4.69, 9.17) is 9.72 Å². The van der Waals surface area contributed by atoms with E-state index in [1.165, 1.54) is 34.2 Å². The Hall–Kier alpha value is -2.20. The molecule has 3 nitrogen and oxygen atoms in total. The molecule has 0 aliphatic heterocycles. The standard InChI is InChI=1S/C25H29NO2S/c1-5-15(2)14-21(27)28-24-17(4)26-25-23(19-8-6-7-9-20(19)29-25)22(24)18-12-10-16(3)11-13-18/h10-13,15H,5-9,14H2,1-4H3. The summed E-state index contributed by atoms with van der Waals surface area (Å²) in [7, 11) is 0. The lowest BCUT2D eigenvalue weighted by Crippen LogP contribution is -2.14. The summed E-state index contributed by atoms with van der Waals surface area (Å²) in [4.78, 5) is 20.1. The lowest BCUT2D eigenvalue weighted by atomic mass is 9.92. The van der Waals surface area contributed by atoms with Gasteiger partial charge in [-0.25, -0.2) is 4.98 Å². The van der Waals surface area contributed by atoms with E-state index in [9.17, 15) is 4.79 Å². The predicted molar refractivity (Wildman–Crippen MR) is 121 cm³/mol. The highest BCUT2D eigenvalue weighted by Crippen LogP contribution is 2.46. The third kappa shape index (κ3) is 3.95. The van der Waals surface area contributed by atoms with Crippen LogP contribution < -0.4 is 4.74 Å². The fraction of sp³-hybridized carbons (Fsp3) is 0.440. The van der Waals surface area contributed by atoms with E-state index in [0.717, 1.165) is 40.9 Å². The minimum absolute atomic E-state index is 0.166. The third-order valence-electron chi connectivity index (χ3n) is 6.00. The minimum Gasteiger partial charge on any atom is -0.424 e. The molecular weight excluding hydrogens is 378 g/mol. The Bertz CT molecular complexity index is 1050. The molecule has 152 valence electrons.